The number of aromatic nitrogens is 2. The van der Waals surface area contributed by atoms with Gasteiger partial charge in [-0.05, 0) is 47.1 Å². The molecule has 0 aliphatic heterocycles. The molecule has 0 bridgehead atoms. The highest BCUT2D eigenvalue weighted by Crippen LogP contribution is 2.22. The average Bonchev–Trinajstić information content (AvgIpc) is 2.42. The van der Waals surface area contributed by atoms with Gasteiger partial charge in [0.15, 0.2) is 0 Å². The summed E-state index contributed by atoms with van der Waals surface area (Å²) in [6.45, 7) is 1.78. The van der Waals surface area contributed by atoms with Crippen LogP contribution in [0.25, 0.3) is 0 Å². The molecule has 2 aromatic rings. The first-order chi connectivity index (χ1) is 9.44. The minimum atomic E-state index is -3.74. The lowest BCUT2D eigenvalue weighted by molar-refractivity contribution is 0.601. The second-order valence-corrected chi connectivity index (χ2v) is 6.47. The smallest absolute Gasteiger partial charge is 0.266 e. The normalized spacial score (nSPS) is 11.2. The molecule has 0 saturated heterocycles. The molecule has 20 heavy (non-hydrogen) atoms. The maximum Gasteiger partial charge on any atom is 0.266 e. The summed E-state index contributed by atoms with van der Waals surface area (Å²) in [5.41, 5.74) is 0.699. The molecule has 0 saturated carbocycles. The van der Waals surface area contributed by atoms with E-state index in [2.05, 4.69) is 35.9 Å². The quantitative estimate of drug-likeness (QED) is 0.878. The van der Waals surface area contributed by atoms with Gasteiger partial charge >= 0.3 is 0 Å². The van der Waals surface area contributed by atoms with Crippen LogP contribution >= 0.6 is 15.9 Å². The molecule has 2 aromatic heterocycles. The highest BCUT2D eigenvalue weighted by Gasteiger charge is 2.19. The van der Waals surface area contributed by atoms with Crippen LogP contribution in [-0.2, 0) is 10.0 Å². The number of rotatable bonds is 4. The minimum Gasteiger partial charge on any atom is -0.372 e. The van der Waals surface area contributed by atoms with E-state index in [1.165, 1.54) is 12.3 Å². The lowest BCUT2D eigenvalue weighted by Crippen LogP contribution is -2.16. The van der Waals surface area contributed by atoms with Crippen molar-refractivity contribution in [1.29, 1.82) is 0 Å². The van der Waals surface area contributed by atoms with E-state index in [1.54, 1.807) is 32.2 Å². The predicted molar refractivity (Wildman–Crippen MR) is 81.3 cm³/mol. The molecule has 0 amide bonds. The number of pyridine rings is 2. The number of halogens is 1. The lowest BCUT2D eigenvalue weighted by Gasteiger charge is -2.11. The SMILES string of the molecule is CNc1ncccc1S(=O)(=O)Nc1ccc(Br)c(C)n1. The summed E-state index contributed by atoms with van der Waals surface area (Å²) in [6.07, 6.45) is 1.52. The molecule has 2 heterocycles. The molecule has 106 valence electrons. The van der Waals surface area contributed by atoms with Gasteiger partial charge in [0.05, 0.1) is 5.69 Å². The van der Waals surface area contributed by atoms with Crippen molar-refractivity contribution in [2.75, 3.05) is 17.1 Å². The fraction of sp³-hybridized carbons (Fsp3) is 0.167. The summed E-state index contributed by atoms with van der Waals surface area (Å²) in [7, 11) is -2.12. The molecule has 0 spiro atoms. The first-order valence-electron chi connectivity index (χ1n) is 5.73. The number of anilines is 2. The lowest BCUT2D eigenvalue weighted by atomic mass is 10.4. The molecular weight excluding hydrogens is 344 g/mol. The Kier molecular flexibility index (Phi) is 4.24. The summed E-state index contributed by atoms with van der Waals surface area (Å²) < 4.78 is 27.9. The van der Waals surface area contributed by atoms with E-state index in [0.29, 0.717) is 5.69 Å². The van der Waals surface area contributed by atoms with Crippen LogP contribution in [0.1, 0.15) is 5.69 Å². The van der Waals surface area contributed by atoms with Gasteiger partial charge in [0, 0.05) is 17.7 Å². The topological polar surface area (TPSA) is 84.0 Å². The summed E-state index contributed by atoms with van der Waals surface area (Å²) in [5, 5.41) is 2.75. The molecule has 0 fully saturated rings. The van der Waals surface area contributed by atoms with E-state index in [0.717, 1.165) is 4.47 Å². The fourth-order valence-electron chi connectivity index (χ4n) is 1.59. The monoisotopic (exact) mass is 356 g/mol. The van der Waals surface area contributed by atoms with Gasteiger partial charge in [-0.1, -0.05) is 0 Å². The number of nitrogens with one attached hydrogen (secondary N) is 2. The van der Waals surface area contributed by atoms with E-state index in [-0.39, 0.29) is 16.5 Å². The van der Waals surface area contributed by atoms with Crippen molar-refractivity contribution in [3.8, 4) is 0 Å². The molecule has 0 aliphatic rings. The Labute approximate surface area is 125 Å². The molecule has 0 atom stereocenters. The zero-order chi connectivity index (χ0) is 14.8. The highest BCUT2D eigenvalue weighted by molar-refractivity contribution is 9.10. The Bertz CT molecular complexity index is 734. The zero-order valence-electron chi connectivity index (χ0n) is 10.9. The Morgan fingerprint density at radius 2 is 2.00 bits per heavy atom. The number of hydrogen-bond donors (Lipinski definition) is 2. The summed E-state index contributed by atoms with van der Waals surface area (Å²) >= 11 is 3.32. The van der Waals surface area contributed by atoms with Gasteiger partial charge in [-0.15, -0.1) is 0 Å². The molecule has 2 N–H and O–H groups in total. The van der Waals surface area contributed by atoms with Crippen molar-refractivity contribution in [3.05, 3.63) is 40.6 Å². The molecule has 0 unspecified atom stereocenters. The van der Waals surface area contributed by atoms with Crippen molar-refractivity contribution < 1.29 is 8.42 Å². The Morgan fingerprint density at radius 1 is 1.25 bits per heavy atom. The van der Waals surface area contributed by atoms with Crippen molar-refractivity contribution >= 4 is 37.6 Å². The molecule has 2 rings (SSSR count). The highest BCUT2D eigenvalue weighted by atomic mass is 79.9. The van der Waals surface area contributed by atoms with Gasteiger partial charge in [0.1, 0.15) is 16.5 Å². The second-order valence-electron chi connectivity index (χ2n) is 3.97. The van der Waals surface area contributed by atoms with Crippen LogP contribution in [0.2, 0.25) is 0 Å². The Hall–Kier alpha value is -1.67. The van der Waals surface area contributed by atoms with E-state index < -0.39 is 10.0 Å². The van der Waals surface area contributed by atoms with Crippen LogP contribution in [-0.4, -0.2) is 25.4 Å². The first-order valence-corrected chi connectivity index (χ1v) is 8.00. The number of aryl methyl sites for hydroxylation is 1. The third kappa shape index (κ3) is 3.07. The molecule has 6 nitrogen and oxygen atoms in total. The molecule has 0 radical (unpaired) electrons. The Morgan fingerprint density at radius 3 is 2.65 bits per heavy atom. The van der Waals surface area contributed by atoms with Gasteiger partial charge < -0.3 is 5.32 Å². The molecule has 8 heteroatoms. The van der Waals surface area contributed by atoms with Gasteiger partial charge in [0.25, 0.3) is 10.0 Å². The van der Waals surface area contributed by atoms with Crippen LogP contribution in [0.15, 0.2) is 39.8 Å². The van der Waals surface area contributed by atoms with Gasteiger partial charge in [-0.3, -0.25) is 4.72 Å². The summed E-state index contributed by atoms with van der Waals surface area (Å²) in [6, 6.07) is 6.37. The van der Waals surface area contributed by atoms with Crippen molar-refractivity contribution in [2.24, 2.45) is 0 Å². The van der Waals surface area contributed by atoms with Crippen LogP contribution in [0, 0.1) is 6.92 Å². The van der Waals surface area contributed by atoms with Crippen LogP contribution in [0.4, 0.5) is 11.6 Å². The van der Waals surface area contributed by atoms with E-state index in [9.17, 15) is 8.42 Å². The number of nitrogens with zero attached hydrogens (tertiary/aromatic N) is 2. The number of sulfonamides is 1. The van der Waals surface area contributed by atoms with Crippen molar-refractivity contribution in [2.45, 2.75) is 11.8 Å². The number of hydrogen-bond acceptors (Lipinski definition) is 5. The van der Waals surface area contributed by atoms with Crippen LogP contribution < -0.4 is 10.0 Å². The third-order valence-electron chi connectivity index (χ3n) is 2.56. The van der Waals surface area contributed by atoms with E-state index in [4.69, 9.17) is 0 Å². The maximum absolute atomic E-state index is 12.3. The summed E-state index contributed by atoms with van der Waals surface area (Å²) in [5.74, 6) is 0.547. The maximum atomic E-state index is 12.3. The van der Waals surface area contributed by atoms with Crippen LogP contribution in [0.5, 0.6) is 0 Å². The molecule has 0 aromatic carbocycles. The van der Waals surface area contributed by atoms with E-state index >= 15 is 0 Å². The Balaban J connectivity index is 2.38. The van der Waals surface area contributed by atoms with Crippen molar-refractivity contribution in [3.63, 3.8) is 0 Å². The van der Waals surface area contributed by atoms with E-state index in [1.807, 2.05) is 0 Å². The van der Waals surface area contributed by atoms with Gasteiger partial charge in [-0.25, -0.2) is 18.4 Å². The average molecular weight is 357 g/mol. The summed E-state index contributed by atoms with van der Waals surface area (Å²) in [4.78, 5) is 8.21. The zero-order valence-corrected chi connectivity index (χ0v) is 13.3. The predicted octanol–water partition coefficient (Wildman–Crippen LogP) is 2.39. The molecule has 0 aliphatic carbocycles. The fourth-order valence-corrected chi connectivity index (χ4v) is 2.98. The van der Waals surface area contributed by atoms with Crippen molar-refractivity contribution in [1.82, 2.24) is 9.97 Å². The standard InChI is InChI=1S/C12H13BrN4O2S/c1-8-9(13)5-6-11(16-8)17-20(18,19)10-4-3-7-15-12(10)14-2/h3-7H,1-2H3,(H,14,15)(H,16,17). The minimum absolute atomic E-state index is 0.0740. The first kappa shape index (κ1) is 14.7. The van der Waals surface area contributed by atoms with Crippen LogP contribution in [0.3, 0.4) is 0 Å². The largest absolute Gasteiger partial charge is 0.372 e. The molecular formula is C12H13BrN4O2S. The van der Waals surface area contributed by atoms with Gasteiger partial charge in [0.2, 0.25) is 0 Å². The second kappa shape index (κ2) is 5.76. The van der Waals surface area contributed by atoms with Gasteiger partial charge in [-0.2, -0.15) is 0 Å². The third-order valence-corrected chi connectivity index (χ3v) is 4.78.